The maximum absolute atomic E-state index is 13.3. The fourth-order valence-corrected chi connectivity index (χ4v) is 1.13. The van der Waals surface area contributed by atoms with Gasteiger partial charge in [0.15, 0.2) is 0 Å². The zero-order chi connectivity index (χ0) is 13.5. The lowest BCUT2D eigenvalue weighted by Gasteiger charge is -2.02. The molecule has 0 aromatic heterocycles. The van der Waals surface area contributed by atoms with Gasteiger partial charge >= 0.3 is 0 Å². The van der Waals surface area contributed by atoms with E-state index in [1.54, 1.807) is 51.1 Å². The number of nitrogens with one attached hydrogen (secondary N) is 1. The first-order valence-corrected chi connectivity index (χ1v) is 5.77. The minimum atomic E-state index is -0.284. The van der Waals surface area contributed by atoms with Crippen LogP contribution in [0.3, 0.4) is 0 Å². The Morgan fingerprint density at radius 2 is 2.06 bits per heavy atom. The molecule has 0 unspecified atom stereocenters. The molecule has 0 aliphatic carbocycles. The van der Waals surface area contributed by atoms with Gasteiger partial charge in [0.25, 0.3) is 0 Å². The molecule has 0 fully saturated rings. The number of rotatable bonds is 4. The van der Waals surface area contributed by atoms with E-state index in [4.69, 9.17) is 0 Å². The number of benzene rings is 1. The quantitative estimate of drug-likeness (QED) is 0.646. The normalized spacial score (nSPS) is 12.2. The van der Waals surface area contributed by atoms with Gasteiger partial charge in [-0.05, 0) is 19.1 Å². The summed E-state index contributed by atoms with van der Waals surface area (Å²) in [4.78, 5) is 11.3. The SMILES string of the molecule is CC(/C=C/c1ccccc1F)=NNC(=O)C(C)C. The van der Waals surface area contributed by atoms with Gasteiger partial charge in [-0.1, -0.05) is 38.1 Å². The molecule has 1 amide bonds. The molecule has 0 aliphatic rings. The Labute approximate surface area is 106 Å². The van der Waals surface area contributed by atoms with Gasteiger partial charge in [-0.3, -0.25) is 4.79 Å². The molecule has 0 atom stereocenters. The maximum atomic E-state index is 13.3. The van der Waals surface area contributed by atoms with Crippen molar-refractivity contribution in [2.75, 3.05) is 0 Å². The van der Waals surface area contributed by atoms with Crippen LogP contribution in [0.1, 0.15) is 26.3 Å². The van der Waals surface area contributed by atoms with Crippen molar-refractivity contribution in [2.45, 2.75) is 20.8 Å². The molecule has 1 rings (SSSR count). The van der Waals surface area contributed by atoms with E-state index in [-0.39, 0.29) is 17.6 Å². The highest BCUT2D eigenvalue weighted by atomic mass is 19.1. The molecule has 0 spiro atoms. The first-order chi connectivity index (χ1) is 8.50. The molecule has 4 heteroatoms. The standard InChI is InChI=1S/C14H17FN2O/c1-10(2)14(18)17-16-11(3)8-9-12-6-4-5-7-13(12)15/h4-10H,1-3H3,(H,17,18)/b9-8+,16-11?. The predicted octanol–water partition coefficient (Wildman–Crippen LogP) is 2.99. The number of nitrogens with zero attached hydrogens (tertiary/aromatic N) is 1. The Morgan fingerprint density at radius 1 is 1.39 bits per heavy atom. The summed E-state index contributed by atoms with van der Waals surface area (Å²) in [6.07, 6.45) is 3.27. The third-order valence-electron chi connectivity index (χ3n) is 2.28. The first-order valence-electron chi connectivity index (χ1n) is 5.77. The minimum Gasteiger partial charge on any atom is -0.273 e. The van der Waals surface area contributed by atoms with Crippen LogP contribution in [0.5, 0.6) is 0 Å². The monoisotopic (exact) mass is 248 g/mol. The fraction of sp³-hybridized carbons (Fsp3) is 0.286. The predicted molar refractivity (Wildman–Crippen MR) is 71.5 cm³/mol. The summed E-state index contributed by atoms with van der Waals surface area (Å²) in [5, 5.41) is 3.90. The van der Waals surface area contributed by atoms with Crippen LogP contribution in [-0.2, 0) is 4.79 Å². The van der Waals surface area contributed by atoms with Gasteiger partial charge in [0.05, 0.1) is 5.71 Å². The molecule has 3 nitrogen and oxygen atoms in total. The summed E-state index contributed by atoms with van der Waals surface area (Å²) in [5.41, 5.74) is 3.53. The van der Waals surface area contributed by atoms with Crippen molar-refractivity contribution < 1.29 is 9.18 Å². The second-order valence-electron chi connectivity index (χ2n) is 4.24. The highest BCUT2D eigenvalue weighted by molar-refractivity contribution is 5.97. The lowest BCUT2D eigenvalue weighted by Crippen LogP contribution is -2.23. The van der Waals surface area contributed by atoms with Gasteiger partial charge in [-0.2, -0.15) is 5.10 Å². The van der Waals surface area contributed by atoms with E-state index in [9.17, 15) is 9.18 Å². The van der Waals surface area contributed by atoms with Crippen molar-refractivity contribution in [1.29, 1.82) is 0 Å². The van der Waals surface area contributed by atoms with Gasteiger partial charge in [0, 0.05) is 11.5 Å². The molecule has 0 bridgehead atoms. The van der Waals surface area contributed by atoms with Crippen LogP contribution in [0.2, 0.25) is 0 Å². The molecule has 0 aliphatic heterocycles. The maximum Gasteiger partial charge on any atom is 0.242 e. The van der Waals surface area contributed by atoms with Crippen LogP contribution < -0.4 is 5.43 Å². The van der Waals surface area contributed by atoms with Gasteiger partial charge in [-0.15, -0.1) is 0 Å². The zero-order valence-corrected chi connectivity index (χ0v) is 10.8. The molecule has 18 heavy (non-hydrogen) atoms. The topological polar surface area (TPSA) is 41.5 Å². The molecule has 0 heterocycles. The summed E-state index contributed by atoms with van der Waals surface area (Å²) in [7, 11) is 0. The number of halogens is 1. The summed E-state index contributed by atoms with van der Waals surface area (Å²) in [5.74, 6) is -0.543. The van der Waals surface area contributed by atoms with Crippen molar-refractivity contribution in [3.63, 3.8) is 0 Å². The van der Waals surface area contributed by atoms with Crippen LogP contribution >= 0.6 is 0 Å². The molecule has 0 saturated carbocycles. The van der Waals surface area contributed by atoms with Gasteiger partial charge < -0.3 is 0 Å². The van der Waals surface area contributed by atoms with Crippen molar-refractivity contribution in [1.82, 2.24) is 5.43 Å². The Bertz CT molecular complexity index is 478. The van der Waals surface area contributed by atoms with Crippen molar-refractivity contribution in [3.8, 4) is 0 Å². The number of amides is 1. The van der Waals surface area contributed by atoms with E-state index in [0.717, 1.165) is 0 Å². The number of hydrazone groups is 1. The molecule has 0 radical (unpaired) electrons. The lowest BCUT2D eigenvalue weighted by molar-refractivity contribution is -0.123. The molecule has 0 saturated heterocycles. The highest BCUT2D eigenvalue weighted by Crippen LogP contribution is 2.08. The molecule has 96 valence electrons. The van der Waals surface area contributed by atoms with Crippen LogP contribution in [0.15, 0.2) is 35.4 Å². The summed E-state index contributed by atoms with van der Waals surface area (Å²) in [6, 6.07) is 6.46. The first kappa shape index (κ1) is 14.1. The van der Waals surface area contributed by atoms with Crippen molar-refractivity contribution >= 4 is 17.7 Å². The Kier molecular flexibility index (Phi) is 5.24. The van der Waals surface area contributed by atoms with Gasteiger partial charge in [0.2, 0.25) is 5.91 Å². The number of allylic oxidation sites excluding steroid dienone is 1. The number of hydrogen-bond donors (Lipinski definition) is 1. The molecule has 1 N–H and O–H groups in total. The second-order valence-corrected chi connectivity index (χ2v) is 4.24. The molecule has 1 aromatic rings. The third-order valence-corrected chi connectivity index (χ3v) is 2.28. The Hall–Kier alpha value is -1.97. The highest BCUT2D eigenvalue weighted by Gasteiger charge is 2.04. The summed E-state index contributed by atoms with van der Waals surface area (Å²) in [6.45, 7) is 5.31. The zero-order valence-electron chi connectivity index (χ0n) is 10.8. The number of carbonyl (C=O) groups is 1. The van der Waals surface area contributed by atoms with Crippen molar-refractivity contribution in [3.05, 3.63) is 41.7 Å². The average molecular weight is 248 g/mol. The van der Waals surface area contributed by atoms with Crippen LogP contribution in [0.25, 0.3) is 6.08 Å². The van der Waals surface area contributed by atoms with Crippen LogP contribution in [-0.4, -0.2) is 11.6 Å². The average Bonchev–Trinajstić information content (AvgIpc) is 2.34. The smallest absolute Gasteiger partial charge is 0.242 e. The van der Waals surface area contributed by atoms with E-state index in [0.29, 0.717) is 11.3 Å². The van der Waals surface area contributed by atoms with Crippen LogP contribution in [0, 0.1) is 11.7 Å². The third kappa shape index (κ3) is 4.49. The minimum absolute atomic E-state index is 0.114. The fourth-order valence-electron chi connectivity index (χ4n) is 1.13. The summed E-state index contributed by atoms with van der Waals surface area (Å²) >= 11 is 0. The molecular weight excluding hydrogens is 231 g/mol. The van der Waals surface area contributed by atoms with Gasteiger partial charge in [-0.25, -0.2) is 9.82 Å². The molecule has 1 aromatic carbocycles. The lowest BCUT2D eigenvalue weighted by atomic mass is 10.2. The Morgan fingerprint density at radius 3 is 2.67 bits per heavy atom. The van der Waals surface area contributed by atoms with E-state index < -0.39 is 0 Å². The second kappa shape index (κ2) is 6.69. The molecular formula is C14H17FN2O. The van der Waals surface area contributed by atoms with E-state index in [2.05, 4.69) is 10.5 Å². The van der Waals surface area contributed by atoms with E-state index >= 15 is 0 Å². The Balaban J connectivity index is 2.65. The van der Waals surface area contributed by atoms with Crippen molar-refractivity contribution in [2.24, 2.45) is 11.0 Å². The number of hydrogen-bond acceptors (Lipinski definition) is 2. The number of carbonyl (C=O) groups excluding carboxylic acids is 1. The van der Waals surface area contributed by atoms with E-state index in [1.807, 2.05) is 0 Å². The van der Waals surface area contributed by atoms with Gasteiger partial charge in [0.1, 0.15) is 5.82 Å². The van der Waals surface area contributed by atoms with Crippen LogP contribution in [0.4, 0.5) is 4.39 Å². The van der Waals surface area contributed by atoms with E-state index in [1.165, 1.54) is 6.07 Å². The summed E-state index contributed by atoms with van der Waals surface area (Å²) < 4.78 is 13.3. The largest absolute Gasteiger partial charge is 0.273 e.